The molecular formula is C23H20FNO. The molecule has 3 heteroatoms. The number of carbonyl (C=O) groups excluding carboxylic acids is 1. The van der Waals surface area contributed by atoms with Gasteiger partial charge in [-0.05, 0) is 59.9 Å². The molecule has 0 bridgehead atoms. The molecule has 0 fully saturated rings. The van der Waals surface area contributed by atoms with Crippen molar-refractivity contribution >= 4 is 5.91 Å². The van der Waals surface area contributed by atoms with Gasteiger partial charge in [-0.1, -0.05) is 48.5 Å². The van der Waals surface area contributed by atoms with E-state index in [0.29, 0.717) is 12.1 Å². The maximum absolute atomic E-state index is 13.9. The Hall–Kier alpha value is -2.94. The third-order valence-electron chi connectivity index (χ3n) is 5.15. The summed E-state index contributed by atoms with van der Waals surface area (Å²) in [6.45, 7) is 4.62. The van der Waals surface area contributed by atoms with Gasteiger partial charge in [0.25, 0.3) is 5.91 Å². The van der Waals surface area contributed by atoms with Gasteiger partial charge in [-0.25, -0.2) is 4.39 Å². The first-order chi connectivity index (χ1) is 12.5. The van der Waals surface area contributed by atoms with Crippen molar-refractivity contribution in [2.45, 2.75) is 26.4 Å². The third kappa shape index (κ3) is 2.80. The van der Waals surface area contributed by atoms with E-state index in [-0.39, 0.29) is 17.8 Å². The standard InChI is InChI=1S/C23H20FNO/c1-15-8-9-18(12-16(15)2)22-21-13-19(24)10-11-20(21)23(26)25(22)14-17-6-4-3-5-7-17/h3-13,22H,14H2,1-2H3. The second-order valence-corrected chi connectivity index (χ2v) is 6.90. The van der Waals surface area contributed by atoms with Crippen LogP contribution in [-0.2, 0) is 6.54 Å². The number of hydrogen-bond donors (Lipinski definition) is 0. The van der Waals surface area contributed by atoms with E-state index in [2.05, 4.69) is 26.0 Å². The van der Waals surface area contributed by atoms with Crippen LogP contribution in [0.3, 0.4) is 0 Å². The highest BCUT2D eigenvalue weighted by Gasteiger charge is 2.37. The SMILES string of the molecule is Cc1ccc(C2c3cc(F)ccc3C(=O)N2Cc2ccccc2)cc1C. The van der Waals surface area contributed by atoms with Gasteiger partial charge in [0.1, 0.15) is 5.82 Å². The number of aryl methyl sites for hydroxylation is 2. The van der Waals surface area contributed by atoms with Crippen LogP contribution in [0.15, 0.2) is 66.7 Å². The van der Waals surface area contributed by atoms with E-state index in [1.165, 1.54) is 23.3 Å². The molecule has 0 saturated carbocycles. The van der Waals surface area contributed by atoms with E-state index in [4.69, 9.17) is 0 Å². The zero-order valence-electron chi connectivity index (χ0n) is 14.9. The van der Waals surface area contributed by atoms with Crippen molar-refractivity contribution in [2.75, 3.05) is 0 Å². The molecule has 1 aliphatic rings. The fourth-order valence-corrected chi connectivity index (χ4v) is 3.63. The predicted octanol–water partition coefficient (Wildman–Crippen LogP) is 5.19. The number of rotatable bonds is 3. The molecule has 0 aliphatic carbocycles. The second kappa shape index (κ2) is 6.41. The van der Waals surface area contributed by atoms with Crippen LogP contribution in [0.2, 0.25) is 0 Å². The highest BCUT2D eigenvalue weighted by atomic mass is 19.1. The Kier molecular flexibility index (Phi) is 4.08. The maximum Gasteiger partial charge on any atom is 0.255 e. The molecule has 130 valence electrons. The van der Waals surface area contributed by atoms with Crippen LogP contribution >= 0.6 is 0 Å². The highest BCUT2D eigenvalue weighted by molar-refractivity contribution is 5.99. The van der Waals surface area contributed by atoms with Crippen molar-refractivity contribution in [3.8, 4) is 0 Å². The Labute approximate surface area is 152 Å². The van der Waals surface area contributed by atoms with Gasteiger partial charge >= 0.3 is 0 Å². The predicted molar refractivity (Wildman–Crippen MR) is 100 cm³/mol. The maximum atomic E-state index is 13.9. The molecule has 1 aliphatic heterocycles. The van der Waals surface area contributed by atoms with Gasteiger partial charge < -0.3 is 4.90 Å². The monoisotopic (exact) mass is 345 g/mol. The van der Waals surface area contributed by atoms with Crippen molar-refractivity contribution in [1.29, 1.82) is 0 Å². The van der Waals surface area contributed by atoms with Gasteiger partial charge in [0.15, 0.2) is 0 Å². The molecule has 1 unspecified atom stereocenters. The van der Waals surface area contributed by atoms with Crippen molar-refractivity contribution in [3.05, 3.63) is 106 Å². The van der Waals surface area contributed by atoms with Crippen molar-refractivity contribution in [1.82, 2.24) is 4.90 Å². The number of fused-ring (bicyclic) bond motifs is 1. The van der Waals surface area contributed by atoms with Crippen molar-refractivity contribution in [2.24, 2.45) is 0 Å². The Bertz CT molecular complexity index is 981. The third-order valence-corrected chi connectivity index (χ3v) is 5.15. The number of hydrogen-bond acceptors (Lipinski definition) is 1. The van der Waals surface area contributed by atoms with Crippen LogP contribution in [-0.4, -0.2) is 10.8 Å². The first kappa shape index (κ1) is 16.5. The quantitative estimate of drug-likeness (QED) is 0.640. The van der Waals surface area contributed by atoms with E-state index < -0.39 is 0 Å². The Morgan fingerprint density at radius 3 is 2.42 bits per heavy atom. The minimum absolute atomic E-state index is 0.0490. The number of benzene rings is 3. The molecule has 1 amide bonds. The molecule has 3 aromatic carbocycles. The van der Waals surface area contributed by atoms with Gasteiger partial charge in [-0.3, -0.25) is 4.79 Å². The summed E-state index contributed by atoms with van der Waals surface area (Å²) < 4.78 is 13.9. The summed E-state index contributed by atoms with van der Waals surface area (Å²) in [5.41, 5.74) is 5.77. The van der Waals surface area contributed by atoms with E-state index in [1.807, 2.05) is 41.3 Å². The summed E-state index contributed by atoms with van der Waals surface area (Å²) in [4.78, 5) is 14.9. The van der Waals surface area contributed by atoms with Crippen molar-refractivity contribution < 1.29 is 9.18 Å². The molecule has 0 N–H and O–H groups in total. The first-order valence-corrected chi connectivity index (χ1v) is 8.76. The van der Waals surface area contributed by atoms with Gasteiger partial charge in [0.05, 0.1) is 6.04 Å². The largest absolute Gasteiger partial charge is 0.323 e. The topological polar surface area (TPSA) is 20.3 Å². The van der Waals surface area contributed by atoms with Crippen LogP contribution in [0.5, 0.6) is 0 Å². The molecular weight excluding hydrogens is 325 g/mol. The average Bonchev–Trinajstić information content (AvgIpc) is 2.90. The van der Waals surface area contributed by atoms with Gasteiger partial charge in [0.2, 0.25) is 0 Å². The Balaban J connectivity index is 1.83. The first-order valence-electron chi connectivity index (χ1n) is 8.76. The van der Waals surface area contributed by atoms with Crippen LogP contribution in [0.25, 0.3) is 0 Å². The fraction of sp³-hybridized carbons (Fsp3) is 0.174. The van der Waals surface area contributed by atoms with Crippen LogP contribution in [0.4, 0.5) is 4.39 Å². The lowest BCUT2D eigenvalue weighted by molar-refractivity contribution is 0.0736. The van der Waals surface area contributed by atoms with Crippen molar-refractivity contribution in [3.63, 3.8) is 0 Å². The summed E-state index contributed by atoms with van der Waals surface area (Å²) in [6.07, 6.45) is 0. The summed E-state index contributed by atoms with van der Waals surface area (Å²) in [5.74, 6) is -0.362. The molecule has 3 aromatic rings. The summed E-state index contributed by atoms with van der Waals surface area (Å²) in [7, 11) is 0. The van der Waals surface area contributed by atoms with Crippen LogP contribution in [0.1, 0.15) is 44.2 Å². The molecule has 0 spiro atoms. The zero-order valence-corrected chi connectivity index (χ0v) is 14.9. The molecule has 1 heterocycles. The lowest BCUT2D eigenvalue weighted by atomic mass is 9.95. The van der Waals surface area contributed by atoms with E-state index in [0.717, 1.165) is 16.7 Å². The van der Waals surface area contributed by atoms with Gasteiger partial charge in [0, 0.05) is 12.1 Å². The number of nitrogens with zero attached hydrogens (tertiary/aromatic N) is 1. The smallest absolute Gasteiger partial charge is 0.255 e. The highest BCUT2D eigenvalue weighted by Crippen LogP contribution is 2.40. The fourth-order valence-electron chi connectivity index (χ4n) is 3.63. The number of halogens is 1. The molecule has 0 saturated heterocycles. The number of amides is 1. The molecule has 0 aromatic heterocycles. The zero-order chi connectivity index (χ0) is 18.3. The van der Waals surface area contributed by atoms with E-state index in [1.54, 1.807) is 6.07 Å². The molecule has 1 atom stereocenters. The Morgan fingerprint density at radius 2 is 1.69 bits per heavy atom. The van der Waals surface area contributed by atoms with Crippen LogP contribution < -0.4 is 0 Å². The molecule has 4 rings (SSSR count). The normalized spacial score (nSPS) is 16.0. The van der Waals surface area contributed by atoms with E-state index in [9.17, 15) is 9.18 Å². The summed E-state index contributed by atoms with van der Waals surface area (Å²) >= 11 is 0. The average molecular weight is 345 g/mol. The van der Waals surface area contributed by atoms with Gasteiger partial charge in [-0.15, -0.1) is 0 Å². The molecule has 2 nitrogen and oxygen atoms in total. The molecule has 0 radical (unpaired) electrons. The number of carbonyl (C=O) groups is 1. The lowest BCUT2D eigenvalue weighted by Gasteiger charge is -2.26. The summed E-state index contributed by atoms with van der Waals surface area (Å²) in [5, 5.41) is 0. The Morgan fingerprint density at radius 1 is 0.923 bits per heavy atom. The summed E-state index contributed by atoms with van der Waals surface area (Å²) in [6, 6.07) is 20.3. The van der Waals surface area contributed by atoms with E-state index >= 15 is 0 Å². The minimum Gasteiger partial charge on any atom is -0.323 e. The van der Waals surface area contributed by atoms with Crippen LogP contribution in [0, 0.1) is 19.7 Å². The second-order valence-electron chi connectivity index (χ2n) is 6.90. The minimum atomic E-state index is -0.313. The lowest BCUT2D eigenvalue weighted by Crippen LogP contribution is -2.28. The molecule has 26 heavy (non-hydrogen) atoms. The van der Waals surface area contributed by atoms with Gasteiger partial charge in [-0.2, -0.15) is 0 Å².